The number of benzene rings is 2. The van der Waals surface area contributed by atoms with Crippen molar-refractivity contribution in [2.75, 3.05) is 26.1 Å². The molecule has 0 fully saturated rings. The van der Waals surface area contributed by atoms with Crippen molar-refractivity contribution in [2.24, 2.45) is 0 Å². The fourth-order valence-electron chi connectivity index (χ4n) is 1.91. The van der Waals surface area contributed by atoms with E-state index in [2.05, 4.69) is 5.32 Å². The van der Waals surface area contributed by atoms with E-state index in [0.717, 1.165) is 16.9 Å². The van der Waals surface area contributed by atoms with Gasteiger partial charge in [0.1, 0.15) is 12.4 Å². The average molecular weight is 306 g/mol. The molecule has 0 saturated carbocycles. The molecule has 2 aromatic carbocycles. The van der Waals surface area contributed by atoms with E-state index in [1.54, 1.807) is 13.2 Å². The van der Waals surface area contributed by atoms with Crippen LogP contribution >= 0.6 is 11.6 Å². The zero-order valence-electron chi connectivity index (χ0n) is 11.9. The molecule has 1 N–H and O–H groups in total. The Kier molecular flexibility index (Phi) is 5.20. The lowest BCUT2D eigenvalue weighted by Crippen LogP contribution is -2.16. The fraction of sp³-hybridized carbons (Fsp3) is 0.188. The minimum absolute atomic E-state index is 0.0312. The van der Waals surface area contributed by atoms with Gasteiger partial charge in [0.25, 0.3) is 0 Å². The highest BCUT2D eigenvalue weighted by Gasteiger charge is 2.06. The first kappa shape index (κ1) is 15.4. The predicted molar refractivity (Wildman–Crippen MR) is 83.9 cm³/mol. The Labute approximate surface area is 128 Å². The van der Waals surface area contributed by atoms with Crippen LogP contribution in [-0.4, -0.2) is 26.7 Å². The lowest BCUT2D eigenvalue weighted by Gasteiger charge is -2.09. The molecule has 0 heterocycles. The number of anilines is 1. The Hall–Kier alpha value is -2.04. The summed E-state index contributed by atoms with van der Waals surface area (Å²) in [6.45, 7) is 0.0312. The molecule has 4 nitrogen and oxygen atoms in total. The largest absolute Gasteiger partial charge is 0.497 e. The van der Waals surface area contributed by atoms with Crippen LogP contribution in [0.3, 0.4) is 0 Å². The highest BCUT2D eigenvalue weighted by atomic mass is 35.5. The third-order valence-corrected chi connectivity index (χ3v) is 3.26. The summed E-state index contributed by atoms with van der Waals surface area (Å²) in [5.74, 6) is 0.552. The second kappa shape index (κ2) is 7.11. The molecule has 2 aromatic rings. The Morgan fingerprint density at radius 1 is 1.14 bits per heavy atom. The number of nitrogens with one attached hydrogen (secondary N) is 1. The maximum absolute atomic E-state index is 11.4. The Morgan fingerprint density at radius 3 is 2.48 bits per heavy atom. The molecule has 0 atom stereocenters. The third-order valence-electron chi connectivity index (χ3n) is 2.93. The number of carbonyl (C=O) groups excluding carboxylic acids is 1. The zero-order chi connectivity index (χ0) is 15.2. The average Bonchev–Trinajstić information content (AvgIpc) is 2.49. The lowest BCUT2D eigenvalue weighted by molar-refractivity contribution is -0.119. The molecule has 0 unspecified atom stereocenters. The first-order valence-electron chi connectivity index (χ1n) is 6.37. The number of carbonyl (C=O) groups is 1. The van der Waals surface area contributed by atoms with Gasteiger partial charge in [0.15, 0.2) is 0 Å². The SMILES string of the molecule is COCC(=O)Nc1ccc(-c2cc(OC)ccc2Cl)cc1. The van der Waals surface area contributed by atoms with Gasteiger partial charge in [-0.05, 0) is 35.9 Å². The predicted octanol–water partition coefficient (Wildman–Crippen LogP) is 3.60. The van der Waals surface area contributed by atoms with Gasteiger partial charge in [-0.3, -0.25) is 4.79 Å². The molecule has 110 valence electrons. The van der Waals surface area contributed by atoms with E-state index in [1.807, 2.05) is 36.4 Å². The van der Waals surface area contributed by atoms with Crippen LogP contribution in [0.4, 0.5) is 5.69 Å². The van der Waals surface area contributed by atoms with Crippen LogP contribution in [0.25, 0.3) is 11.1 Å². The van der Waals surface area contributed by atoms with E-state index in [1.165, 1.54) is 7.11 Å². The standard InChI is InChI=1S/C16H16ClNO3/c1-20-10-16(19)18-12-5-3-11(4-6-12)14-9-13(21-2)7-8-15(14)17/h3-9H,10H2,1-2H3,(H,18,19). The Bertz CT molecular complexity index is 626. The summed E-state index contributed by atoms with van der Waals surface area (Å²) < 4.78 is 9.97. The highest BCUT2D eigenvalue weighted by Crippen LogP contribution is 2.32. The summed E-state index contributed by atoms with van der Waals surface area (Å²) in [6, 6.07) is 12.9. The third kappa shape index (κ3) is 3.97. The molecule has 0 aliphatic rings. The zero-order valence-corrected chi connectivity index (χ0v) is 12.6. The summed E-state index contributed by atoms with van der Waals surface area (Å²) in [5, 5.41) is 3.38. The van der Waals surface area contributed by atoms with Gasteiger partial charge < -0.3 is 14.8 Å². The van der Waals surface area contributed by atoms with Crippen molar-refractivity contribution >= 4 is 23.2 Å². The highest BCUT2D eigenvalue weighted by molar-refractivity contribution is 6.33. The van der Waals surface area contributed by atoms with Gasteiger partial charge in [-0.15, -0.1) is 0 Å². The smallest absolute Gasteiger partial charge is 0.250 e. The quantitative estimate of drug-likeness (QED) is 0.918. The van der Waals surface area contributed by atoms with E-state index < -0.39 is 0 Å². The summed E-state index contributed by atoms with van der Waals surface area (Å²) >= 11 is 6.21. The second-order valence-corrected chi connectivity index (χ2v) is 4.81. The molecule has 0 saturated heterocycles. The van der Waals surface area contributed by atoms with Gasteiger partial charge in [0, 0.05) is 23.4 Å². The van der Waals surface area contributed by atoms with Crippen LogP contribution in [0, 0.1) is 0 Å². The minimum atomic E-state index is -0.190. The molecule has 2 rings (SSSR count). The van der Waals surface area contributed by atoms with Gasteiger partial charge in [-0.2, -0.15) is 0 Å². The van der Waals surface area contributed by atoms with Gasteiger partial charge >= 0.3 is 0 Å². The topological polar surface area (TPSA) is 47.6 Å². The van der Waals surface area contributed by atoms with Crippen LogP contribution in [-0.2, 0) is 9.53 Å². The number of hydrogen-bond donors (Lipinski definition) is 1. The molecule has 0 spiro atoms. The molecule has 0 aliphatic carbocycles. The molecule has 5 heteroatoms. The molecular formula is C16H16ClNO3. The van der Waals surface area contributed by atoms with Crippen LogP contribution in [0.2, 0.25) is 5.02 Å². The van der Waals surface area contributed by atoms with E-state index >= 15 is 0 Å². The Morgan fingerprint density at radius 2 is 1.86 bits per heavy atom. The van der Waals surface area contributed by atoms with Gasteiger partial charge in [-0.1, -0.05) is 23.7 Å². The van der Waals surface area contributed by atoms with E-state index in [4.69, 9.17) is 21.1 Å². The number of ether oxygens (including phenoxy) is 2. The molecular weight excluding hydrogens is 290 g/mol. The van der Waals surface area contributed by atoms with Crippen molar-refractivity contribution < 1.29 is 14.3 Å². The lowest BCUT2D eigenvalue weighted by atomic mass is 10.0. The summed E-state index contributed by atoms with van der Waals surface area (Å²) in [4.78, 5) is 11.4. The van der Waals surface area contributed by atoms with Gasteiger partial charge in [0.05, 0.1) is 7.11 Å². The summed E-state index contributed by atoms with van der Waals surface area (Å²) in [6.07, 6.45) is 0. The molecule has 0 aliphatic heterocycles. The van der Waals surface area contributed by atoms with Crippen LogP contribution in [0.5, 0.6) is 5.75 Å². The van der Waals surface area contributed by atoms with E-state index in [0.29, 0.717) is 10.7 Å². The first-order chi connectivity index (χ1) is 10.1. The van der Waals surface area contributed by atoms with Crippen molar-refractivity contribution in [1.82, 2.24) is 0 Å². The number of amides is 1. The maximum Gasteiger partial charge on any atom is 0.250 e. The van der Waals surface area contributed by atoms with Crippen LogP contribution in [0.1, 0.15) is 0 Å². The maximum atomic E-state index is 11.4. The summed E-state index contributed by atoms with van der Waals surface area (Å²) in [5.41, 5.74) is 2.54. The fourth-order valence-corrected chi connectivity index (χ4v) is 2.14. The summed E-state index contributed by atoms with van der Waals surface area (Å²) in [7, 11) is 3.09. The Balaban J connectivity index is 2.21. The molecule has 0 radical (unpaired) electrons. The second-order valence-electron chi connectivity index (χ2n) is 4.40. The number of halogens is 1. The molecule has 0 bridgehead atoms. The molecule has 21 heavy (non-hydrogen) atoms. The van der Waals surface area contributed by atoms with E-state index in [9.17, 15) is 4.79 Å². The van der Waals surface area contributed by atoms with Crippen molar-refractivity contribution in [3.8, 4) is 16.9 Å². The first-order valence-corrected chi connectivity index (χ1v) is 6.74. The minimum Gasteiger partial charge on any atom is -0.497 e. The van der Waals surface area contributed by atoms with Crippen molar-refractivity contribution in [3.05, 3.63) is 47.5 Å². The van der Waals surface area contributed by atoms with Crippen molar-refractivity contribution in [1.29, 1.82) is 0 Å². The van der Waals surface area contributed by atoms with Crippen molar-refractivity contribution in [2.45, 2.75) is 0 Å². The normalized spacial score (nSPS) is 10.2. The van der Waals surface area contributed by atoms with Crippen molar-refractivity contribution in [3.63, 3.8) is 0 Å². The van der Waals surface area contributed by atoms with Crippen LogP contribution < -0.4 is 10.1 Å². The number of hydrogen-bond acceptors (Lipinski definition) is 3. The molecule has 0 aromatic heterocycles. The number of methoxy groups -OCH3 is 2. The van der Waals surface area contributed by atoms with E-state index in [-0.39, 0.29) is 12.5 Å². The van der Waals surface area contributed by atoms with Crippen LogP contribution in [0.15, 0.2) is 42.5 Å². The number of rotatable bonds is 5. The monoisotopic (exact) mass is 305 g/mol. The van der Waals surface area contributed by atoms with Gasteiger partial charge in [0.2, 0.25) is 5.91 Å². The van der Waals surface area contributed by atoms with Gasteiger partial charge in [-0.25, -0.2) is 0 Å². The molecule has 1 amide bonds.